The molecule has 1 aliphatic heterocycles. The number of hydrogen-bond acceptors (Lipinski definition) is 5. The van der Waals surface area contributed by atoms with E-state index in [1.165, 1.54) is 11.4 Å². The lowest BCUT2D eigenvalue weighted by atomic mass is 10.2. The Balaban J connectivity index is 2.39. The Hall–Kier alpha value is -1.15. The van der Waals surface area contributed by atoms with Crippen molar-refractivity contribution in [1.29, 1.82) is 0 Å². The molecule has 0 aromatic heterocycles. The number of nitrogens with two attached hydrogens (primary N) is 1. The zero-order chi connectivity index (χ0) is 15.6. The molecule has 1 heterocycles. The fourth-order valence-electron chi connectivity index (χ4n) is 2.52. The Morgan fingerprint density at radius 2 is 1.95 bits per heavy atom. The lowest BCUT2D eigenvalue weighted by Gasteiger charge is -2.34. The first kappa shape index (κ1) is 16.2. The van der Waals surface area contributed by atoms with Crippen LogP contribution in [-0.2, 0) is 21.3 Å². The van der Waals surface area contributed by atoms with Gasteiger partial charge in [0.05, 0.1) is 19.3 Å². The highest BCUT2D eigenvalue weighted by Crippen LogP contribution is 2.29. The van der Waals surface area contributed by atoms with E-state index in [1.54, 1.807) is 18.2 Å². The smallest absolute Gasteiger partial charge is 0.246 e. The Morgan fingerprint density at radius 3 is 2.48 bits per heavy atom. The molecular weight excluding hydrogens is 292 g/mol. The predicted molar refractivity (Wildman–Crippen MR) is 79.7 cm³/mol. The molecule has 1 saturated heterocycles. The lowest BCUT2D eigenvalue weighted by Crippen LogP contribution is -2.48. The minimum atomic E-state index is -3.61. The molecule has 1 aromatic rings. The summed E-state index contributed by atoms with van der Waals surface area (Å²) in [6, 6.07) is 4.93. The average molecular weight is 314 g/mol. The highest BCUT2D eigenvalue weighted by Gasteiger charge is 2.33. The summed E-state index contributed by atoms with van der Waals surface area (Å²) in [5.74, 6) is 0.324. The molecule has 118 valence electrons. The summed E-state index contributed by atoms with van der Waals surface area (Å²) in [7, 11) is -2.15. The molecule has 0 radical (unpaired) electrons. The Kier molecular flexibility index (Phi) is 4.88. The van der Waals surface area contributed by atoms with Gasteiger partial charge in [0, 0.05) is 19.6 Å². The summed E-state index contributed by atoms with van der Waals surface area (Å²) in [5, 5.41) is 0. The summed E-state index contributed by atoms with van der Waals surface area (Å²) in [6.45, 7) is 4.76. The number of morpholine rings is 1. The molecule has 7 heteroatoms. The molecule has 2 rings (SSSR count). The first-order valence-electron chi connectivity index (χ1n) is 6.91. The third-order valence-corrected chi connectivity index (χ3v) is 5.34. The molecule has 0 amide bonds. The van der Waals surface area contributed by atoms with Crippen LogP contribution >= 0.6 is 0 Å². The third-order valence-electron chi connectivity index (χ3n) is 3.47. The van der Waals surface area contributed by atoms with E-state index < -0.39 is 10.0 Å². The number of ether oxygens (including phenoxy) is 2. The number of nitrogens with zero attached hydrogens (tertiary/aromatic N) is 1. The summed E-state index contributed by atoms with van der Waals surface area (Å²) in [6.07, 6.45) is -0.254. The number of sulfonamides is 1. The molecule has 2 atom stereocenters. The molecule has 0 bridgehead atoms. The van der Waals surface area contributed by atoms with Crippen LogP contribution in [0.1, 0.15) is 19.4 Å². The second-order valence-electron chi connectivity index (χ2n) is 5.27. The molecule has 0 spiro atoms. The van der Waals surface area contributed by atoms with Gasteiger partial charge in [-0.25, -0.2) is 8.42 Å². The minimum absolute atomic E-state index is 0.127. The van der Waals surface area contributed by atoms with E-state index in [9.17, 15) is 8.42 Å². The van der Waals surface area contributed by atoms with Gasteiger partial charge in [-0.05, 0) is 31.5 Å². The van der Waals surface area contributed by atoms with Crippen molar-refractivity contribution < 1.29 is 17.9 Å². The summed E-state index contributed by atoms with van der Waals surface area (Å²) in [4.78, 5) is 0.170. The van der Waals surface area contributed by atoms with Crippen molar-refractivity contribution in [3.8, 4) is 5.75 Å². The van der Waals surface area contributed by atoms with Gasteiger partial charge >= 0.3 is 0 Å². The third kappa shape index (κ3) is 3.37. The maximum Gasteiger partial charge on any atom is 0.246 e. The second-order valence-corrected chi connectivity index (χ2v) is 7.18. The zero-order valence-corrected chi connectivity index (χ0v) is 13.4. The van der Waals surface area contributed by atoms with Crippen LogP contribution in [0.5, 0.6) is 5.75 Å². The molecule has 6 nitrogen and oxygen atoms in total. The SMILES string of the molecule is COc1cc(CN)ccc1S(=O)(=O)N1C[C@@H](C)O[C@@H](C)C1. The first-order valence-corrected chi connectivity index (χ1v) is 8.35. The Morgan fingerprint density at radius 1 is 1.33 bits per heavy atom. The molecular formula is C14H22N2O4S. The van der Waals surface area contributed by atoms with Gasteiger partial charge in [0.25, 0.3) is 0 Å². The summed E-state index contributed by atoms with van der Waals surface area (Å²) < 4.78 is 37.9. The minimum Gasteiger partial charge on any atom is -0.495 e. The van der Waals surface area contributed by atoms with Crippen molar-refractivity contribution in [3.05, 3.63) is 23.8 Å². The fourth-order valence-corrected chi connectivity index (χ4v) is 4.25. The molecule has 1 aromatic carbocycles. The number of hydrogen-bond donors (Lipinski definition) is 1. The van der Waals surface area contributed by atoms with Gasteiger partial charge < -0.3 is 15.2 Å². The van der Waals surface area contributed by atoms with Crippen LogP contribution in [0.4, 0.5) is 0 Å². The second kappa shape index (κ2) is 6.31. The topological polar surface area (TPSA) is 81.9 Å². The first-order chi connectivity index (χ1) is 9.88. The van der Waals surface area contributed by atoms with E-state index in [0.29, 0.717) is 25.4 Å². The van der Waals surface area contributed by atoms with E-state index in [4.69, 9.17) is 15.2 Å². The van der Waals surface area contributed by atoms with Crippen LogP contribution in [0.2, 0.25) is 0 Å². The quantitative estimate of drug-likeness (QED) is 0.895. The highest BCUT2D eigenvalue weighted by molar-refractivity contribution is 7.89. The Bertz CT molecular complexity index is 593. The number of methoxy groups -OCH3 is 1. The van der Waals surface area contributed by atoms with Crippen LogP contribution in [0.3, 0.4) is 0 Å². The van der Waals surface area contributed by atoms with Crippen molar-refractivity contribution in [2.75, 3.05) is 20.2 Å². The molecule has 0 aliphatic carbocycles. The van der Waals surface area contributed by atoms with Crippen molar-refractivity contribution in [3.63, 3.8) is 0 Å². The van der Waals surface area contributed by atoms with Crippen LogP contribution in [-0.4, -0.2) is 45.1 Å². The molecule has 1 fully saturated rings. The summed E-state index contributed by atoms with van der Waals surface area (Å²) >= 11 is 0. The monoisotopic (exact) mass is 314 g/mol. The molecule has 0 unspecified atom stereocenters. The predicted octanol–water partition coefficient (Wildman–Crippen LogP) is 0.952. The van der Waals surface area contributed by atoms with Gasteiger partial charge in [0.2, 0.25) is 10.0 Å². The molecule has 0 saturated carbocycles. The van der Waals surface area contributed by atoms with Gasteiger partial charge in [0.15, 0.2) is 0 Å². The maximum atomic E-state index is 12.8. The number of benzene rings is 1. The van der Waals surface area contributed by atoms with Gasteiger partial charge in [-0.1, -0.05) is 6.07 Å². The van der Waals surface area contributed by atoms with Gasteiger partial charge in [-0.3, -0.25) is 0 Å². The average Bonchev–Trinajstić information content (AvgIpc) is 2.45. The summed E-state index contributed by atoms with van der Waals surface area (Å²) in [5.41, 5.74) is 6.41. The van der Waals surface area contributed by atoms with E-state index in [1.807, 2.05) is 13.8 Å². The van der Waals surface area contributed by atoms with Crippen molar-refractivity contribution >= 4 is 10.0 Å². The highest BCUT2D eigenvalue weighted by atomic mass is 32.2. The van der Waals surface area contributed by atoms with Crippen LogP contribution < -0.4 is 10.5 Å². The van der Waals surface area contributed by atoms with Crippen molar-refractivity contribution in [2.24, 2.45) is 5.73 Å². The molecule has 21 heavy (non-hydrogen) atoms. The molecule has 1 aliphatic rings. The normalized spacial score (nSPS) is 24.0. The van der Waals surface area contributed by atoms with Gasteiger partial charge in [0.1, 0.15) is 10.6 Å². The van der Waals surface area contributed by atoms with Crippen molar-refractivity contribution in [2.45, 2.75) is 37.5 Å². The molecule has 2 N–H and O–H groups in total. The lowest BCUT2D eigenvalue weighted by molar-refractivity contribution is -0.0441. The standard InChI is InChI=1S/C14H22N2O4S/c1-10-8-16(9-11(2)20-10)21(17,18)14-5-4-12(7-15)6-13(14)19-3/h4-6,10-11H,7-9,15H2,1-3H3/t10-,11+. The van der Waals surface area contributed by atoms with Crippen molar-refractivity contribution in [1.82, 2.24) is 4.31 Å². The van der Waals surface area contributed by atoms with Crippen LogP contribution in [0.15, 0.2) is 23.1 Å². The maximum absolute atomic E-state index is 12.8. The zero-order valence-electron chi connectivity index (χ0n) is 12.6. The van der Waals surface area contributed by atoms with Gasteiger partial charge in [-0.15, -0.1) is 0 Å². The van der Waals surface area contributed by atoms with Crippen LogP contribution in [0.25, 0.3) is 0 Å². The van der Waals surface area contributed by atoms with E-state index in [2.05, 4.69) is 0 Å². The van der Waals surface area contributed by atoms with Gasteiger partial charge in [-0.2, -0.15) is 4.31 Å². The fraction of sp³-hybridized carbons (Fsp3) is 0.571. The van der Waals surface area contributed by atoms with E-state index in [-0.39, 0.29) is 17.1 Å². The van der Waals surface area contributed by atoms with Crippen LogP contribution in [0, 0.1) is 0 Å². The number of rotatable bonds is 4. The van der Waals surface area contributed by atoms with E-state index >= 15 is 0 Å². The largest absolute Gasteiger partial charge is 0.495 e. The Labute approximate surface area is 125 Å². The van der Waals surface area contributed by atoms with E-state index in [0.717, 1.165) is 5.56 Å².